The minimum Gasteiger partial charge on any atom is -0.484 e. The van der Waals surface area contributed by atoms with Crippen molar-refractivity contribution in [2.45, 2.75) is 26.8 Å². The molecule has 0 saturated heterocycles. The molecule has 0 unspecified atom stereocenters. The first-order valence-corrected chi connectivity index (χ1v) is 8.53. The van der Waals surface area contributed by atoms with E-state index in [4.69, 9.17) is 15.2 Å². The van der Waals surface area contributed by atoms with E-state index in [2.05, 4.69) is 29.5 Å². The summed E-state index contributed by atoms with van der Waals surface area (Å²) in [4.78, 5) is 14.9. The highest BCUT2D eigenvalue weighted by Crippen LogP contribution is 2.12. The van der Waals surface area contributed by atoms with Gasteiger partial charge in [0.1, 0.15) is 5.75 Å². The smallest absolute Gasteiger partial charge is 0.255 e. The average molecular weight is 478 g/mol. The quantitative estimate of drug-likeness (QED) is 0.195. The standard InChI is InChI=1S/C18H30N4O3.HI/c1-14(2)7-9-24-10-8-21-18(20-3)22-12-15-5-4-6-16(11-15)25-13-17(19)23;/h4-6,11,14H,7-10,12-13H2,1-3H3,(H2,19,23)(H2,20,21,22);1H. The van der Waals surface area contributed by atoms with Crippen LogP contribution in [0.5, 0.6) is 5.75 Å². The van der Waals surface area contributed by atoms with Crippen LogP contribution in [0, 0.1) is 5.92 Å². The van der Waals surface area contributed by atoms with Crippen LogP contribution in [0.4, 0.5) is 0 Å². The zero-order valence-electron chi connectivity index (χ0n) is 15.8. The van der Waals surface area contributed by atoms with Gasteiger partial charge in [0.25, 0.3) is 5.91 Å². The highest BCUT2D eigenvalue weighted by atomic mass is 127. The highest BCUT2D eigenvalue weighted by Gasteiger charge is 2.02. The number of guanidine groups is 1. The molecule has 26 heavy (non-hydrogen) atoms. The number of ether oxygens (including phenoxy) is 2. The lowest BCUT2D eigenvalue weighted by molar-refractivity contribution is -0.119. The Bertz CT molecular complexity index is 553. The van der Waals surface area contributed by atoms with Crippen molar-refractivity contribution in [3.05, 3.63) is 29.8 Å². The summed E-state index contributed by atoms with van der Waals surface area (Å²) >= 11 is 0. The zero-order valence-corrected chi connectivity index (χ0v) is 18.1. The van der Waals surface area contributed by atoms with Gasteiger partial charge in [0.15, 0.2) is 12.6 Å². The second kappa shape index (κ2) is 14.6. The fourth-order valence-corrected chi connectivity index (χ4v) is 1.97. The van der Waals surface area contributed by atoms with Gasteiger partial charge in [-0.15, -0.1) is 24.0 Å². The summed E-state index contributed by atoms with van der Waals surface area (Å²) in [5, 5.41) is 6.43. The second-order valence-corrected chi connectivity index (χ2v) is 6.05. The topological polar surface area (TPSA) is 98.0 Å². The first-order chi connectivity index (χ1) is 12.0. The molecule has 0 spiro atoms. The van der Waals surface area contributed by atoms with Gasteiger partial charge in [-0.3, -0.25) is 9.79 Å². The summed E-state index contributed by atoms with van der Waals surface area (Å²) in [5.74, 6) is 1.48. The Labute approximate surface area is 173 Å². The molecule has 0 aliphatic carbocycles. The van der Waals surface area contributed by atoms with Crippen LogP contribution in [-0.4, -0.2) is 45.3 Å². The van der Waals surface area contributed by atoms with Crippen LogP contribution < -0.4 is 21.1 Å². The number of rotatable bonds is 11. The Morgan fingerprint density at radius 2 is 2.04 bits per heavy atom. The Balaban J connectivity index is 0.00000625. The molecule has 1 amide bonds. The first-order valence-electron chi connectivity index (χ1n) is 8.53. The molecular weight excluding hydrogens is 447 g/mol. The Kier molecular flexibility index (Phi) is 13.7. The largest absolute Gasteiger partial charge is 0.484 e. The van der Waals surface area contributed by atoms with E-state index in [0.29, 0.717) is 37.3 Å². The van der Waals surface area contributed by atoms with Crippen LogP contribution in [0.1, 0.15) is 25.8 Å². The number of nitrogens with zero attached hydrogens (tertiary/aromatic N) is 1. The molecule has 4 N–H and O–H groups in total. The molecule has 0 fully saturated rings. The van der Waals surface area contributed by atoms with Crippen molar-refractivity contribution in [2.24, 2.45) is 16.6 Å². The average Bonchev–Trinajstić information content (AvgIpc) is 2.58. The third kappa shape index (κ3) is 11.9. The van der Waals surface area contributed by atoms with Gasteiger partial charge in [-0.1, -0.05) is 26.0 Å². The van der Waals surface area contributed by atoms with Crippen LogP contribution in [0.25, 0.3) is 0 Å². The summed E-state index contributed by atoms with van der Waals surface area (Å²) in [5.41, 5.74) is 6.09. The summed E-state index contributed by atoms with van der Waals surface area (Å²) in [6.07, 6.45) is 1.07. The van der Waals surface area contributed by atoms with Gasteiger partial charge in [0.05, 0.1) is 6.61 Å². The molecule has 0 radical (unpaired) electrons. The van der Waals surface area contributed by atoms with E-state index in [1.165, 1.54) is 0 Å². The second-order valence-electron chi connectivity index (χ2n) is 6.05. The monoisotopic (exact) mass is 478 g/mol. The lowest BCUT2D eigenvalue weighted by atomic mass is 10.1. The molecule has 0 aliphatic heterocycles. The van der Waals surface area contributed by atoms with E-state index >= 15 is 0 Å². The molecule has 7 nitrogen and oxygen atoms in total. The SMILES string of the molecule is CN=C(NCCOCCC(C)C)NCc1cccc(OCC(N)=O)c1.I. The summed E-state index contributed by atoms with van der Waals surface area (Å²) < 4.78 is 10.9. The van der Waals surface area contributed by atoms with Crippen LogP contribution in [-0.2, 0) is 16.1 Å². The van der Waals surface area contributed by atoms with Crippen LogP contribution in [0.2, 0.25) is 0 Å². The molecule has 1 aromatic carbocycles. The fraction of sp³-hybridized carbons (Fsp3) is 0.556. The Morgan fingerprint density at radius 3 is 2.69 bits per heavy atom. The molecule has 0 heterocycles. The van der Waals surface area contributed by atoms with Crippen LogP contribution in [0.15, 0.2) is 29.3 Å². The van der Waals surface area contributed by atoms with Crippen molar-refractivity contribution in [1.29, 1.82) is 0 Å². The summed E-state index contributed by atoms with van der Waals surface area (Å²) in [6, 6.07) is 7.48. The van der Waals surface area contributed by atoms with Gasteiger partial charge in [0, 0.05) is 26.7 Å². The number of nitrogens with two attached hydrogens (primary N) is 1. The molecule has 1 aromatic rings. The van der Waals surface area contributed by atoms with Gasteiger partial charge < -0.3 is 25.8 Å². The predicted octanol–water partition coefficient (Wildman–Crippen LogP) is 1.90. The maximum Gasteiger partial charge on any atom is 0.255 e. The van der Waals surface area contributed by atoms with Gasteiger partial charge in [-0.25, -0.2) is 0 Å². The van der Waals surface area contributed by atoms with Gasteiger partial charge in [0.2, 0.25) is 0 Å². The van der Waals surface area contributed by atoms with Crippen molar-refractivity contribution < 1.29 is 14.3 Å². The van der Waals surface area contributed by atoms with Gasteiger partial charge >= 0.3 is 0 Å². The van der Waals surface area contributed by atoms with E-state index in [1.54, 1.807) is 13.1 Å². The Hall–Kier alpha value is -1.55. The number of halogens is 1. The van der Waals surface area contributed by atoms with Crippen molar-refractivity contribution in [3.63, 3.8) is 0 Å². The molecular formula is C18H31IN4O3. The molecule has 0 saturated carbocycles. The molecule has 8 heteroatoms. The van der Waals surface area contributed by atoms with E-state index in [0.717, 1.165) is 18.6 Å². The first kappa shape index (κ1) is 24.5. The number of primary amides is 1. The van der Waals surface area contributed by atoms with Gasteiger partial charge in [-0.2, -0.15) is 0 Å². The van der Waals surface area contributed by atoms with Crippen molar-refractivity contribution >= 4 is 35.8 Å². The predicted molar refractivity (Wildman–Crippen MR) is 115 cm³/mol. The molecule has 0 aliphatic rings. The minimum absolute atomic E-state index is 0. The van der Waals surface area contributed by atoms with Crippen LogP contribution >= 0.6 is 24.0 Å². The van der Waals surface area contributed by atoms with E-state index in [-0.39, 0.29) is 30.6 Å². The normalized spacial score (nSPS) is 11.0. The van der Waals surface area contributed by atoms with E-state index in [1.807, 2.05) is 18.2 Å². The summed E-state index contributed by atoms with van der Waals surface area (Å²) in [6.45, 7) is 6.94. The van der Waals surface area contributed by atoms with Gasteiger partial charge in [-0.05, 0) is 30.0 Å². The minimum atomic E-state index is -0.497. The fourth-order valence-electron chi connectivity index (χ4n) is 1.97. The number of hydrogen-bond acceptors (Lipinski definition) is 4. The van der Waals surface area contributed by atoms with Crippen LogP contribution in [0.3, 0.4) is 0 Å². The van der Waals surface area contributed by atoms with Crippen molar-refractivity contribution in [2.75, 3.05) is 33.4 Å². The third-order valence-electron chi connectivity index (χ3n) is 3.34. The number of nitrogens with one attached hydrogen (secondary N) is 2. The van der Waals surface area contributed by atoms with Crippen molar-refractivity contribution in [1.82, 2.24) is 10.6 Å². The summed E-state index contributed by atoms with van der Waals surface area (Å²) in [7, 11) is 1.72. The number of carbonyl (C=O) groups is 1. The van der Waals surface area contributed by atoms with E-state index in [9.17, 15) is 4.79 Å². The van der Waals surface area contributed by atoms with Crippen molar-refractivity contribution in [3.8, 4) is 5.75 Å². The molecule has 148 valence electrons. The number of hydrogen-bond donors (Lipinski definition) is 3. The molecule has 1 rings (SSSR count). The lowest BCUT2D eigenvalue weighted by Crippen LogP contribution is -2.38. The van der Waals surface area contributed by atoms with E-state index < -0.39 is 5.91 Å². The third-order valence-corrected chi connectivity index (χ3v) is 3.34. The number of amides is 1. The molecule has 0 aromatic heterocycles. The zero-order chi connectivity index (χ0) is 18.5. The maximum absolute atomic E-state index is 10.8. The number of carbonyl (C=O) groups excluding carboxylic acids is 1. The molecule has 0 bridgehead atoms. The molecule has 0 atom stereocenters. The highest BCUT2D eigenvalue weighted by molar-refractivity contribution is 14.0. The number of benzene rings is 1. The maximum atomic E-state index is 10.8. The Morgan fingerprint density at radius 1 is 1.27 bits per heavy atom. The number of aliphatic imine (C=N–C) groups is 1. The lowest BCUT2D eigenvalue weighted by Gasteiger charge is -2.13.